The number of carbonyl (C=O) groups is 2. The zero-order chi connectivity index (χ0) is 18.6. The first-order valence-corrected chi connectivity index (χ1v) is 8.46. The molecule has 0 saturated carbocycles. The molecule has 0 unspecified atom stereocenters. The first kappa shape index (κ1) is 18.9. The fraction of sp³-hybridized carbons (Fsp3) is 0.400. The molecule has 2 N–H and O–H groups in total. The lowest BCUT2D eigenvalue weighted by molar-refractivity contribution is -0.125. The quantitative estimate of drug-likeness (QED) is 0.879. The van der Waals surface area contributed by atoms with Gasteiger partial charge in [-0.05, 0) is 57.6 Å². The molecule has 1 atom stereocenters. The molecule has 0 saturated heterocycles. The van der Waals surface area contributed by atoms with E-state index in [1.807, 2.05) is 63.2 Å². The van der Waals surface area contributed by atoms with Crippen molar-refractivity contribution < 1.29 is 9.59 Å². The number of nitrogens with one attached hydrogen (secondary N) is 2. The molecule has 25 heavy (non-hydrogen) atoms. The van der Waals surface area contributed by atoms with Gasteiger partial charge in [-0.3, -0.25) is 14.5 Å². The Morgan fingerprint density at radius 2 is 1.72 bits per heavy atom. The molecule has 2 rings (SSSR count). The number of benzene rings is 2. The number of anilines is 1. The Labute approximate surface area is 149 Å². The standard InChI is InChI=1S/C20H27N3O2/c1-14(23(5)13-18(24)22-20(2,3)4)19(25)21-17-11-10-15-8-6-7-9-16(15)12-17/h6-12,14H,13H2,1-5H3,(H,21,25)(H,22,24)/t14-/m0/s1. The molecule has 0 radical (unpaired) electrons. The molecule has 0 aliphatic rings. The molecule has 134 valence electrons. The summed E-state index contributed by atoms with van der Waals surface area (Å²) >= 11 is 0. The lowest BCUT2D eigenvalue weighted by Crippen LogP contribution is -2.49. The number of amides is 2. The van der Waals surface area contributed by atoms with Crippen LogP contribution in [0.5, 0.6) is 0 Å². The molecule has 2 amide bonds. The molecule has 0 heterocycles. The third kappa shape index (κ3) is 5.57. The molecule has 5 nitrogen and oxygen atoms in total. The number of hydrogen-bond acceptors (Lipinski definition) is 3. The maximum Gasteiger partial charge on any atom is 0.241 e. The highest BCUT2D eigenvalue weighted by Gasteiger charge is 2.22. The van der Waals surface area contributed by atoms with E-state index in [4.69, 9.17) is 0 Å². The Morgan fingerprint density at radius 1 is 1.08 bits per heavy atom. The summed E-state index contributed by atoms with van der Waals surface area (Å²) in [7, 11) is 1.77. The molecule has 0 aliphatic carbocycles. The van der Waals surface area contributed by atoms with E-state index >= 15 is 0 Å². The zero-order valence-electron chi connectivity index (χ0n) is 15.6. The van der Waals surface area contributed by atoms with E-state index < -0.39 is 6.04 Å². The second-order valence-electron chi connectivity index (χ2n) is 7.44. The first-order chi connectivity index (χ1) is 11.7. The summed E-state index contributed by atoms with van der Waals surface area (Å²) < 4.78 is 0. The van der Waals surface area contributed by atoms with Crippen molar-refractivity contribution >= 4 is 28.3 Å². The van der Waals surface area contributed by atoms with Crippen LogP contribution in [0.2, 0.25) is 0 Å². The number of likely N-dealkylation sites (N-methyl/N-ethyl adjacent to an activating group) is 1. The summed E-state index contributed by atoms with van der Waals surface area (Å²) in [5.74, 6) is -0.235. The van der Waals surface area contributed by atoms with Crippen LogP contribution < -0.4 is 10.6 Å². The van der Waals surface area contributed by atoms with Crippen molar-refractivity contribution in [2.75, 3.05) is 18.9 Å². The van der Waals surface area contributed by atoms with Gasteiger partial charge in [0.1, 0.15) is 0 Å². The summed E-state index contributed by atoms with van der Waals surface area (Å²) in [6.45, 7) is 7.76. The highest BCUT2D eigenvalue weighted by molar-refractivity contribution is 5.97. The average molecular weight is 341 g/mol. The van der Waals surface area contributed by atoms with Crippen LogP contribution in [-0.2, 0) is 9.59 Å². The monoisotopic (exact) mass is 341 g/mol. The fourth-order valence-electron chi connectivity index (χ4n) is 2.54. The molecular weight excluding hydrogens is 314 g/mol. The van der Waals surface area contributed by atoms with E-state index in [9.17, 15) is 9.59 Å². The smallest absolute Gasteiger partial charge is 0.241 e. The van der Waals surface area contributed by atoms with E-state index in [1.165, 1.54) is 0 Å². The van der Waals surface area contributed by atoms with Crippen LogP contribution in [-0.4, -0.2) is 41.9 Å². The van der Waals surface area contributed by atoms with E-state index in [-0.39, 0.29) is 23.9 Å². The van der Waals surface area contributed by atoms with E-state index in [1.54, 1.807) is 18.9 Å². The van der Waals surface area contributed by atoms with Gasteiger partial charge in [0.15, 0.2) is 0 Å². The molecule has 2 aromatic carbocycles. The molecule has 0 fully saturated rings. The molecule has 0 aromatic heterocycles. The number of carbonyl (C=O) groups excluding carboxylic acids is 2. The third-order valence-electron chi connectivity index (χ3n) is 3.97. The highest BCUT2D eigenvalue weighted by Crippen LogP contribution is 2.19. The van der Waals surface area contributed by atoms with Gasteiger partial charge >= 0.3 is 0 Å². The topological polar surface area (TPSA) is 61.4 Å². The van der Waals surface area contributed by atoms with Crippen molar-refractivity contribution in [2.24, 2.45) is 0 Å². The van der Waals surface area contributed by atoms with E-state index in [0.29, 0.717) is 0 Å². The summed E-state index contributed by atoms with van der Waals surface area (Å²) in [5.41, 5.74) is 0.470. The van der Waals surface area contributed by atoms with Crippen molar-refractivity contribution in [1.82, 2.24) is 10.2 Å². The maximum absolute atomic E-state index is 12.5. The van der Waals surface area contributed by atoms with Gasteiger partial charge in [0.25, 0.3) is 0 Å². The van der Waals surface area contributed by atoms with Gasteiger partial charge in [0.2, 0.25) is 11.8 Å². The Hall–Kier alpha value is -2.40. The molecule has 0 aliphatic heterocycles. The second-order valence-corrected chi connectivity index (χ2v) is 7.44. The van der Waals surface area contributed by atoms with Crippen LogP contribution >= 0.6 is 0 Å². The SMILES string of the molecule is C[C@@H](C(=O)Nc1ccc2ccccc2c1)N(C)CC(=O)NC(C)(C)C. The molecule has 2 aromatic rings. The van der Waals surface area contributed by atoms with Crippen LogP contribution in [0.1, 0.15) is 27.7 Å². The minimum absolute atomic E-state index is 0.0969. The maximum atomic E-state index is 12.5. The van der Waals surface area contributed by atoms with Gasteiger partial charge < -0.3 is 10.6 Å². The van der Waals surface area contributed by atoms with Crippen LogP contribution in [0.25, 0.3) is 10.8 Å². The predicted octanol–water partition coefficient (Wildman–Crippen LogP) is 3.01. The summed E-state index contributed by atoms with van der Waals surface area (Å²) in [6, 6.07) is 13.4. The second kappa shape index (κ2) is 7.66. The van der Waals surface area contributed by atoms with Gasteiger partial charge in [0, 0.05) is 11.2 Å². The van der Waals surface area contributed by atoms with Crippen LogP contribution in [0.3, 0.4) is 0 Å². The van der Waals surface area contributed by atoms with Crippen LogP contribution in [0, 0.1) is 0 Å². The van der Waals surface area contributed by atoms with Crippen LogP contribution in [0.4, 0.5) is 5.69 Å². The molecule has 5 heteroatoms. The zero-order valence-corrected chi connectivity index (χ0v) is 15.6. The Kier molecular flexibility index (Phi) is 5.80. The van der Waals surface area contributed by atoms with Crippen LogP contribution in [0.15, 0.2) is 42.5 Å². The first-order valence-electron chi connectivity index (χ1n) is 8.46. The number of rotatable bonds is 5. The number of fused-ring (bicyclic) bond motifs is 1. The number of nitrogens with zero attached hydrogens (tertiary/aromatic N) is 1. The largest absolute Gasteiger partial charge is 0.350 e. The lowest BCUT2D eigenvalue weighted by Gasteiger charge is -2.26. The van der Waals surface area contributed by atoms with E-state index in [2.05, 4.69) is 10.6 Å². The summed E-state index contributed by atoms with van der Waals surface area (Å²) in [6.07, 6.45) is 0. The van der Waals surface area contributed by atoms with Crippen molar-refractivity contribution in [3.63, 3.8) is 0 Å². The minimum Gasteiger partial charge on any atom is -0.350 e. The van der Waals surface area contributed by atoms with Gasteiger partial charge in [-0.2, -0.15) is 0 Å². The predicted molar refractivity (Wildman–Crippen MR) is 103 cm³/mol. The van der Waals surface area contributed by atoms with Gasteiger partial charge in [0.05, 0.1) is 12.6 Å². The van der Waals surface area contributed by atoms with Crippen molar-refractivity contribution in [3.05, 3.63) is 42.5 Å². The average Bonchev–Trinajstić information content (AvgIpc) is 2.52. The molecule has 0 bridgehead atoms. The Morgan fingerprint density at radius 3 is 2.36 bits per heavy atom. The molecular formula is C20H27N3O2. The fourth-order valence-corrected chi connectivity index (χ4v) is 2.54. The highest BCUT2D eigenvalue weighted by atomic mass is 16.2. The third-order valence-corrected chi connectivity index (χ3v) is 3.97. The summed E-state index contributed by atoms with van der Waals surface area (Å²) in [4.78, 5) is 26.2. The lowest BCUT2D eigenvalue weighted by atomic mass is 10.1. The van der Waals surface area contributed by atoms with Gasteiger partial charge in [-0.15, -0.1) is 0 Å². The normalized spacial score (nSPS) is 12.9. The van der Waals surface area contributed by atoms with Crippen molar-refractivity contribution in [3.8, 4) is 0 Å². The van der Waals surface area contributed by atoms with E-state index in [0.717, 1.165) is 16.5 Å². The van der Waals surface area contributed by atoms with Gasteiger partial charge in [-0.25, -0.2) is 0 Å². The van der Waals surface area contributed by atoms with Crippen molar-refractivity contribution in [1.29, 1.82) is 0 Å². The summed E-state index contributed by atoms with van der Waals surface area (Å²) in [5, 5.41) is 8.03. The van der Waals surface area contributed by atoms with Gasteiger partial charge in [-0.1, -0.05) is 30.3 Å². The Balaban J connectivity index is 1.97. The molecule has 0 spiro atoms. The van der Waals surface area contributed by atoms with Crippen molar-refractivity contribution in [2.45, 2.75) is 39.3 Å². The Bertz CT molecular complexity index is 765. The number of hydrogen-bond donors (Lipinski definition) is 2. The minimum atomic E-state index is -0.419.